The van der Waals surface area contributed by atoms with Gasteiger partial charge in [0.1, 0.15) is 0 Å². The van der Waals surface area contributed by atoms with E-state index in [1.807, 2.05) is 17.9 Å². The Bertz CT molecular complexity index is 611. The van der Waals surface area contributed by atoms with E-state index in [1.165, 1.54) is 48.6 Å². The first kappa shape index (κ1) is 14.0. The molecule has 0 bridgehead atoms. The first-order valence-corrected chi connectivity index (χ1v) is 7.75. The Kier molecular flexibility index (Phi) is 3.86. The van der Waals surface area contributed by atoms with Crippen LogP contribution in [-0.2, 0) is 7.05 Å². The van der Waals surface area contributed by atoms with Crippen LogP contribution in [0.5, 0.6) is 0 Å². The van der Waals surface area contributed by atoms with Gasteiger partial charge in [0.05, 0.1) is 11.7 Å². The number of hydrogen-bond donors (Lipinski definition) is 1. The topological polar surface area (TPSA) is 33.1 Å². The Balaban J connectivity index is 1.75. The van der Waals surface area contributed by atoms with Gasteiger partial charge >= 0.3 is 0 Å². The first-order valence-electron chi connectivity index (χ1n) is 7.75. The first-order chi connectivity index (χ1) is 10.1. The molecule has 0 amide bonds. The Hall–Kier alpha value is -1.97. The minimum absolute atomic E-state index is 0.244. The molecule has 3 rings (SSSR count). The van der Waals surface area contributed by atoms with E-state index in [2.05, 4.69) is 53.4 Å². The molecule has 112 valence electrons. The van der Waals surface area contributed by atoms with Gasteiger partial charge in [-0.25, -0.2) is 0 Å². The molecule has 4 heteroatoms. The molecule has 0 aliphatic carbocycles. The average Bonchev–Trinajstić information content (AvgIpc) is 3.12. The maximum atomic E-state index is 4.24. The smallest absolute Gasteiger partial charge is 0.0654 e. The summed E-state index contributed by atoms with van der Waals surface area (Å²) in [5.41, 5.74) is 5.04. The van der Waals surface area contributed by atoms with Crippen LogP contribution in [0.4, 0.5) is 11.4 Å². The molecule has 1 atom stereocenters. The molecule has 2 aromatic rings. The summed E-state index contributed by atoms with van der Waals surface area (Å²) in [6, 6.07) is 9.04. The van der Waals surface area contributed by atoms with E-state index in [1.54, 1.807) is 0 Å². The highest BCUT2D eigenvalue weighted by atomic mass is 15.3. The Morgan fingerprint density at radius 2 is 1.95 bits per heavy atom. The lowest BCUT2D eigenvalue weighted by atomic mass is 10.1. The van der Waals surface area contributed by atoms with Crippen LogP contribution >= 0.6 is 0 Å². The zero-order valence-corrected chi connectivity index (χ0v) is 13.1. The second-order valence-corrected chi connectivity index (χ2v) is 5.94. The molecule has 1 fully saturated rings. The molecule has 4 nitrogen and oxygen atoms in total. The summed E-state index contributed by atoms with van der Waals surface area (Å²) in [7, 11) is 1.98. The van der Waals surface area contributed by atoms with E-state index in [0.29, 0.717) is 0 Å². The van der Waals surface area contributed by atoms with Crippen molar-refractivity contribution in [3.8, 4) is 0 Å². The van der Waals surface area contributed by atoms with E-state index in [9.17, 15) is 0 Å². The number of aryl methyl sites for hydroxylation is 2. The zero-order chi connectivity index (χ0) is 14.8. The molecule has 1 aliphatic heterocycles. The summed E-state index contributed by atoms with van der Waals surface area (Å²) in [5, 5.41) is 7.83. The second-order valence-electron chi connectivity index (χ2n) is 5.94. The Morgan fingerprint density at radius 3 is 2.57 bits per heavy atom. The maximum absolute atomic E-state index is 4.24. The molecule has 2 heterocycles. The minimum atomic E-state index is 0.244. The molecule has 1 saturated heterocycles. The SMILES string of the molecule is Cc1cc(N2CCCC2)ccc1NC(C)c1ccnn1C. The molecule has 1 aliphatic rings. The molecule has 0 spiro atoms. The van der Waals surface area contributed by atoms with Crippen molar-refractivity contribution in [1.82, 2.24) is 9.78 Å². The zero-order valence-electron chi connectivity index (χ0n) is 13.1. The van der Waals surface area contributed by atoms with Crippen LogP contribution in [0, 0.1) is 6.92 Å². The molecule has 1 aromatic carbocycles. The van der Waals surface area contributed by atoms with Crippen LogP contribution in [0.1, 0.15) is 37.1 Å². The predicted molar refractivity (Wildman–Crippen MR) is 87.9 cm³/mol. The van der Waals surface area contributed by atoms with Gasteiger partial charge in [-0.2, -0.15) is 5.10 Å². The van der Waals surface area contributed by atoms with E-state index in [0.717, 1.165) is 0 Å². The summed E-state index contributed by atoms with van der Waals surface area (Å²) in [6.45, 7) is 6.73. The normalized spacial score (nSPS) is 16.2. The third-order valence-corrected chi connectivity index (χ3v) is 4.36. The fourth-order valence-corrected chi connectivity index (χ4v) is 3.10. The number of hydrogen-bond acceptors (Lipinski definition) is 3. The van der Waals surface area contributed by atoms with E-state index in [-0.39, 0.29) is 6.04 Å². The van der Waals surface area contributed by atoms with Crippen molar-refractivity contribution < 1.29 is 0 Å². The molecular formula is C17H24N4. The van der Waals surface area contributed by atoms with E-state index >= 15 is 0 Å². The highest BCUT2D eigenvalue weighted by Gasteiger charge is 2.14. The number of anilines is 2. The molecule has 21 heavy (non-hydrogen) atoms. The van der Waals surface area contributed by atoms with Crippen LogP contribution < -0.4 is 10.2 Å². The van der Waals surface area contributed by atoms with Crippen LogP contribution in [0.15, 0.2) is 30.5 Å². The van der Waals surface area contributed by atoms with Gasteiger partial charge in [0, 0.05) is 37.7 Å². The van der Waals surface area contributed by atoms with Gasteiger partial charge in [-0.3, -0.25) is 4.68 Å². The van der Waals surface area contributed by atoms with E-state index < -0.39 is 0 Å². The van der Waals surface area contributed by atoms with Gasteiger partial charge in [-0.1, -0.05) is 0 Å². The minimum Gasteiger partial charge on any atom is -0.377 e. The molecule has 0 radical (unpaired) electrons. The summed E-state index contributed by atoms with van der Waals surface area (Å²) >= 11 is 0. The van der Waals surface area contributed by atoms with Crippen LogP contribution in [0.25, 0.3) is 0 Å². The average molecular weight is 284 g/mol. The Morgan fingerprint density at radius 1 is 1.19 bits per heavy atom. The fraction of sp³-hybridized carbons (Fsp3) is 0.471. The predicted octanol–water partition coefficient (Wildman–Crippen LogP) is 3.50. The van der Waals surface area contributed by atoms with Gasteiger partial charge in [-0.15, -0.1) is 0 Å². The van der Waals surface area contributed by atoms with Crippen LogP contribution in [0.3, 0.4) is 0 Å². The standard InChI is InChI=1S/C17H24N4/c1-13-12-15(21-10-4-5-11-21)6-7-16(13)19-14(2)17-8-9-18-20(17)3/h6-9,12,14,19H,4-5,10-11H2,1-3H3. The second kappa shape index (κ2) is 5.80. The number of nitrogens with zero attached hydrogens (tertiary/aromatic N) is 3. The molecular weight excluding hydrogens is 260 g/mol. The number of benzene rings is 1. The van der Waals surface area contributed by atoms with Gasteiger partial charge in [0.25, 0.3) is 0 Å². The largest absolute Gasteiger partial charge is 0.377 e. The third-order valence-electron chi connectivity index (χ3n) is 4.36. The monoisotopic (exact) mass is 284 g/mol. The summed E-state index contributed by atoms with van der Waals surface area (Å²) in [5.74, 6) is 0. The molecule has 1 aromatic heterocycles. The summed E-state index contributed by atoms with van der Waals surface area (Å²) in [4.78, 5) is 2.47. The lowest BCUT2D eigenvalue weighted by molar-refractivity contribution is 0.675. The maximum Gasteiger partial charge on any atom is 0.0654 e. The van der Waals surface area contributed by atoms with Crippen LogP contribution in [0.2, 0.25) is 0 Å². The van der Waals surface area contributed by atoms with Crippen LogP contribution in [-0.4, -0.2) is 22.9 Å². The van der Waals surface area contributed by atoms with Crippen molar-refractivity contribution in [1.29, 1.82) is 0 Å². The molecule has 1 N–H and O–H groups in total. The molecule has 1 unspecified atom stereocenters. The fourth-order valence-electron chi connectivity index (χ4n) is 3.10. The van der Waals surface area contributed by atoms with Gasteiger partial charge in [-0.05, 0) is 56.5 Å². The summed E-state index contributed by atoms with van der Waals surface area (Å²) < 4.78 is 1.92. The number of aromatic nitrogens is 2. The third kappa shape index (κ3) is 2.89. The van der Waals surface area contributed by atoms with Crippen molar-refractivity contribution in [2.75, 3.05) is 23.3 Å². The Labute approximate surface area is 126 Å². The molecule has 0 saturated carbocycles. The van der Waals surface area contributed by atoms with E-state index in [4.69, 9.17) is 0 Å². The van der Waals surface area contributed by atoms with Gasteiger partial charge in [0.2, 0.25) is 0 Å². The highest BCUT2D eigenvalue weighted by Crippen LogP contribution is 2.27. The van der Waals surface area contributed by atoms with Crippen molar-refractivity contribution in [2.24, 2.45) is 7.05 Å². The number of rotatable bonds is 4. The quantitative estimate of drug-likeness (QED) is 0.933. The van der Waals surface area contributed by atoms with Gasteiger partial charge < -0.3 is 10.2 Å². The van der Waals surface area contributed by atoms with Gasteiger partial charge in [0.15, 0.2) is 0 Å². The van der Waals surface area contributed by atoms with Crippen molar-refractivity contribution in [3.63, 3.8) is 0 Å². The number of nitrogens with one attached hydrogen (secondary N) is 1. The lowest BCUT2D eigenvalue weighted by Gasteiger charge is -2.21. The summed E-state index contributed by atoms with van der Waals surface area (Å²) in [6.07, 6.45) is 4.48. The lowest BCUT2D eigenvalue weighted by Crippen LogP contribution is -2.18. The van der Waals surface area contributed by atoms with Crippen molar-refractivity contribution in [3.05, 3.63) is 41.7 Å². The highest BCUT2D eigenvalue weighted by molar-refractivity contribution is 5.61. The van der Waals surface area contributed by atoms with Crippen molar-refractivity contribution >= 4 is 11.4 Å². The van der Waals surface area contributed by atoms with Crippen molar-refractivity contribution in [2.45, 2.75) is 32.7 Å².